The van der Waals surface area contributed by atoms with Crippen LogP contribution in [-0.2, 0) is 4.79 Å². The maximum absolute atomic E-state index is 10.9. The predicted molar refractivity (Wildman–Crippen MR) is 75.5 cm³/mol. The number of hydrogen-bond acceptors (Lipinski definition) is 1. The first-order chi connectivity index (χ1) is 9.16. The zero-order chi connectivity index (χ0) is 13.4. The Morgan fingerprint density at radius 2 is 2.21 bits per heavy atom. The quantitative estimate of drug-likeness (QED) is 0.901. The number of nitrogens with zero attached hydrogens (tertiary/aromatic N) is 1. The van der Waals surface area contributed by atoms with Crippen molar-refractivity contribution in [2.24, 2.45) is 0 Å². The van der Waals surface area contributed by atoms with Gasteiger partial charge >= 0.3 is 5.97 Å². The first-order valence-corrected chi connectivity index (χ1v) is 6.98. The van der Waals surface area contributed by atoms with Gasteiger partial charge in [0.05, 0.1) is 6.42 Å². The number of aliphatic carboxylic acids is 1. The van der Waals surface area contributed by atoms with E-state index in [2.05, 4.69) is 29.0 Å². The first kappa shape index (κ1) is 12.3. The lowest BCUT2D eigenvalue weighted by molar-refractivity contribution is -0.137. The molecule has 1 aliphatic carbocycles. The molecule has 0 saturated heterocycles. The first-order valence-electron chi connectivity index (χ1n) is 6.98. The average molecular weight is 257 g/mol. The van der Waals surface area contributed by atoms with E-state index < -0.39 is 5.97 Å². The average Bonchev–Trinajstić information content (AvgIpc) is 2.70. The fourth-order valence-electron chi connectivity index (χ4n) is 3.00. The zero-order valence-corrected chi connectivity index (χ0v) is 11.2. The summed E-state index contributed by atoms with van der Waals surface area (Å²) in [4.78, 5) is 10.9. The molecule has 0 spiro atoms. The summed E-state index contributed by atoms with van der Waals surface area (Å²) in [5, 5.41) is 10.2. The van der Waals surface area contributed by atoms with Crippen molar-refractivity contribution in [3.63, 3.8) is 0 Å². The Morgan fingerprint density at radius 1 is 1.42 bits per heavy atom. The number of aromatic nitrogens is 1. The van der Waals surface area contributed by atoms with Gasteiger partial charge in [0.2, 0.25) is 0 Å². The Kier molecular flexibility index (Phi) is 3.05. The molecule has 0 radical (unpaired) electrons. The maximum Gasteiger partial charge on any atom is 0.303 e. The van der Waals surface area contributed by atoms with Gasteiger partial charge in [0, 0.05) is 23.1 Å². The number of fused-ring (bicyclic) bond motifs is 1. The van der Waals surface area contributed by atoms with Crippen molar-refractivity contribution >= 4 is 16.9 Å². The predicted octanol–water partition coefficient (Wildman–Crippen LogP) is 3.94. The lowest BCUT2D eigenvalue weighted by Gasteiger charge is -2.28. The van der Waals surface area contributed by atoms with Crippen molar-refractivity contribution in [2.75, 3.05) is 0 Å². The normalized spacial score (nSPS) is 17.3. The Hall–Kier alpha value is -1.77. The molecular formula is C16H19NO2. The highest BCUT2D eigenvalue weighted by Crippen LogP contribution is 2.36. The topological polar surface area (TPSA) is 42.2 Å². The minimum atomic E-state index is -0.733. The second-order valence-electron chi connectivity index (χ2n) is 5.59. The highest BCUT2D eigenvalue weighted by molar-refractivity contribution is 5.85. The fraction of sp³-hybridized carbons (Fsp3) is 0.438. The highest BCUT2D eigenvalue weighted by atomic mass is 16.4. The van der Waals surface area contributed by atoms with Crippen LogP contribution in [-0.4, -0.2) is 15.6 Å². The second-order valence-corrected chi connectivity index (χ2v) is 5.59. The van der Waals surface area contributed by atoms with E-state index in [1.54, 1.807) is 0 Å². The lowest BCUT2D eigenvalue weighted by atomic mass is 9.92. The number of carbonyl (C=O) groups is 1. The van der Waals surface area contributed by atoms with E-state index in [4.69, 9.17) is 5.11 Å². The Morgan fingerprint density at radius 3 is 2.84 bits per heavy atom. The molecule has 1 aliphatic rings. The summed E-state index contributed by atoms with van der Waals surface area (Å²) in [5.41, 5.74) is 2.40. The van der Waals surface area contributed by atoms with Crippen LogP contribution in [0, 0.1) is 0 Å². The van der Waals surface area contributed by atoms with E-state index >= 15 is 0 Å². The monoisotopic (exact) mass is 257 g/mol. The third-order valence-electron chi connectivity index (χ3n) is 4.28. The van der Waals surface area contributed by atoms with Crippen molar-refractivity contribution in [3.8, 4) is 0 Å². The number of carboxylic acid groups (broad SMARTS) is 1. The molecule has 1 unspecified atom stereocenters. The van der Waals surface area contributed by atoms with Gasteiger partial charge in [0.1, 0.15) is 0 Å². The van der Waals surface area contributed by atoms with Gasteiger partial charge in [-0.15, -0.1) is 0 Å². The molecule has 1 N–H and O–H groups in total. The van der Waals surface area contributed by atoms with Crippen LogP contribution in [0.1, 0.15) is 50.1 Å². The third-order valence-corrected chi connectivity index (χ3v) is 4.28. The van der Waals surface area contributed by atoms with E-state index in [0.29, 0.717) is 6.04 Å². The van der Waals surface area contributed by atoms with Gasteiger partial charge in [-0.05, 0) is 42.9 Å². The number of rotatable bonds is 4. The van der Waals surface area contributed by atoms with Crippen molar-refractivity contribution in [3.05, 3.63) is 36.0 Å². The molecule has 19 heavy (non-hydrogen) atoms. The summed E-state index contributed by atoms with van der Waals surface area (Å²) >= 11 is 0. The Bertz CT molecular complexity index is 610. The van der Waals surface area contributed by atoms with Gasteiger partial charge in [-0.25, -0.2) is 0 Å². The molecule has 2 aromatic rings. The summed E-state index contributed by atoms with van der Waals surface area (Å²) < 4.78 is 2.36. The second kappa shape index (κ2) is 4.72. The van der Waals surface area contributed by atoms with Crippen LogP contribution in [0.2, 0.25) is 0 Å². The van der Waals surface area contributed by atoms with Crippen molar-refractivity contribution in [2.45, 2.75) is 44.6 Å². The van der Waals surface area contributed by atoms with Crippen molar-refractivity contribution in [1.82, 2.24) is 4.57 Å². The standard InChI is InChI=1S/C16H19NO2/c1-11(10-16(18)19)13-6-3-7-15-14(13)8-9-17(15)12-4-2-5-12/h3,6-9,11-12H,2,4-5,10H2,1H3,(H,18,19). The molecule has 1 saturated carbocycles. The third kappa shape index (κ3) is 2.14. The molecule has 1 fully saturated rings. The van der Waals surface area contributed by atoms with Gasteiger partial charge in [0.25, 0.3) is 0 Å². The molecule has 1 aromatic carbocycles. The van der Waals surface area contributed by atoms with Crippen LogP contribution in [0.25, 0.3) is 10.9 Å². The maximum atomic E-state index is 10.9. The van der Waals surface area contributed by atoms with E-state index in [0.717, 1.165) is 5.56 Å². The van der Waals surface area contributed by atoms with Crippen LogP contribution in [0.5, 0.6) is 0 Å². The molecule has 3 heteroatoms. The molecule has 0 bridgehead atoms. The fourth-order valence-corrected chi connectivity index (χ4v) is 3.00. The number of hydrogen-bond donors (Lipinski definition) is 1. The Labute approximate surface area is 112 Å². The summed E-state index contributed by atoms with van der Waals surface area (Å²) in [5.74, 6) is -0.679. The zero-order valence-electron chi connectivity index (χ0n) is 11.2. The van der Waals surface area contributed by atoms with Crippen molar-refractivity contribution in [1.29, 1.82) is 0 Å². The molecular weight excluding hydrogens is 238 g/mol. The minimum Gasteiger partial charge on any atom is -0.481 e. The highest BCUT2D eigenvalue weighted by Gasteiger charge is 2.21. The summed E-state index contributed by atoms with van der Waals surface area (Å²) in [6, 6.07) is 9.03. The summed E-state index contributed by atoms with van der Waals surface area (Å²) in [6.07, 6.45) is 6.19. The summed E-state index contributed by atoms with van der Waals surface area (Å²) in [6.45, 7) is 1.99. The smallest absolute Gasteiger partial charge is 0.303 e. The van der Waals surface area contributed by atoms with Gasteiger partial charge in [-0.1, -0.05) is 19.1 Å². The van der Waals surface area contributed by atoms with Gasteiger partial charge in [-0.3, -0.25) is 4.79 Å². The van der Waals surface area contributed by atoms with E-state index in [-0.39, 0.29) is 12.3 Å². The Balaban J connectivity index is 2.01. The number of carboxylic acids is 1. The SMILES string of the molecule is CC(CC(=O)O)c1cccc2c1ccn2C1CCC1. The molecule has 1 aromatic heterocycles. The molecule has 3 nitrogen and oxygen atoms in total. The van der Waals surface area contributed by atoms with E-state index in [1.165, 1.54) is 30.2 Å². The van der Waals surface area contributed by atoms with Gasteiger partial charge in [0.15, 0.2) is 0 Å². The minimum absolute atomic E-state index is 0.0541. The van der Waals surface area contributed by atoms with Crippen LogP contribution >= 0.6 is 0 Å². The molecule has 1 atom stereocenters. The van der Waals surface area contributed by atoms with E-state index in [1.807, 2.05) is 13.0 Å². The molecule has 100 valence electrons. The van der Waals surface area contributed by atoms with Gasteiger partial charge < -0.3 is 9.67 Å². The number of benzene rings is 1. The van der Waals surface area contributed by atoms with Crippen LogP contribution in [0.3, 0.4) is 0 Å². The largest absolute Gasteiger partial charge is 0.481 e. The van der Waals surface area contributed by atoms with Crippen LogP contribution < -0.4 is 0 Å². The van der Waals surface area contributed by atoms with Crippen LogP contribution in [0.15, 0.2) is 30.5 Å². The van der Waals surface area contributed by atoms with E-state index in [9.17, 15) is 4.79 Å². The van der Waals surface area contributed by atoms with Crippen molar-refractivity contribution < 1.29 is 9.90 Å². The molecule has 3 rings (SSSR count). The van der Waals surface area contributed by atoms with Crippen LogP contribution in [0.4, 0.5) is 0 Å². The van der Waals surface area contributed by atoms with Gasteiger partial charge in [-0.2, -0.15) is 0 Å². The lowest BCUT2D eigenvalue weighted by Crippen LogP contribution is -2.15. The molecule has 0 amide bonds. The molecule has 1 heterocycles. The molecule has 0 aliphatic heterocycles. The summed E-state index contributed by atoms with van der Waals surface area (Å²) in [7, 11) is 0.